The summed E-state index contributed by atoms with van der Waals surface area (Å²) in [5.41, 5.74) is 0.823. The SMILES string of the molecule is CCOc1cc(/C=C2\C(=O)NC(=O)N(c3cccc(Cl)c3)C2=O)cc(Br)c1OCC(=O)Nc1ccccc1OC. The number of urea groups is 1. The Bertz CT molecular complexity index is 1530. The van der Waals surface area contributed by atoms with Gasteiger partial charge in [0.1, 0.15) is 11.3 Å². The largest absolute Gasteiger partial charge is 0.495 e. The number of anilines is 2. The monoisotopic (exact) mass is 627 g/mol. The van der Waals surface area contributed by atoms with Crippen LogP contribution in [0.5, 0.6) is 17.2 Å². The Morgan fingerprint density at radius 1 is 1.05 bits per heavy atom. The van der Waals surface area contributed by atoms with Crippen LogP contribution < -0.4 is 29.7 Å². The predicted octanol–water partition coefficient (Wildman–Crippen LogP) is 5.19. The summed E-state index contributed by atoms with van der Waals surface area (Å²) in [7, 11) is 1.50. The van der Waals surface area contributed by atoms with Crippen LogP contribution in [0.15, 0.2) is 70.7 Å². The maximum atomic E-state index is 13.2. The van der Waals surface area contributed by atoms with Crippen molar-refractivity contribution in [1.29, 1.82) is 0 Å². The molecule has 0 bridgehead atoms. The number of nitrogens with one attached hydrogen (secondary N) is 2. The summed E-state index contributed by atoms with van der Waals surface area (Å²) >= 11 is 9.44. The van der Waals surface area contributed by atoms with E-state index in [-0.39, 0.29) is 36.0 Å². The van der Waals surface area contributed by atoms with Crippen LogP contribution >= 0.6 is 27.5 Å². The molecule has 0 radical (unpaired) electrons. The number of carbonyl (C=O) groups is 4. The van der Waals surface area contributed by atoms with Crippen molar-refractivity contribution in [3.05, 3.63) is 81.3 Å². The number of barbiturate groups is 1. The van der Waals surface area contributed by atoms with Gasteiger partial charge in [0, 0.05) is 5.02 Å². The van der Waals surface area contributed by atoms with Gasteiger partial charge in [0.2, 0.25) is 0 Å². The number of ether oxygens (including phenoxy) is 3. The summed E-state index contributed by atoms with van der Waals surface area (Å²) in [6.07, 6.45) is 1.33. The van der Waals surface area contributed by atoms with Gasteiger partial charge in [0.05, 0.1) is 29.6 Å². The molecule has 3 aromatic carbocycles. The Morgan fingerprint density at radius 3 is 2.55 bits per heavy atom. The van der Waals surface area contributed by atoms with E-state index in [2.05, 4.69) is 26.6 Å². The van der Waals surface area contributed by atoms with Gasteiger partial charge in [-0.15, -0.1) is 0 Å². The molecule has 1 fully saturated rings. The summed E-state index contributed by atoms with van der Waals surface area (Å²) in [4.78, 5) is 51.7. The minimum absolute atomic E-state index is 0.208. The number of nitrogens with zero attached hydrogens (tertiary/aromatic N) is 1. The first-order valence-corrected chi connectivity index (χ1v) is 13.1. The zero-order chi connectivity index (χ0) is 28.8. The van der Waals surface area contributed by atoms with Gasteiger partial charge in [-0.3, -0.25) is 19.7 Å². The second kappa shape index (κ2) is 12.7. The molecule has 1 aliphatic rings. The van der Waals surface area contributed by atoms with Crippen molar-refractivity contribution in [1.82, 2.24) is 5.32 Å². The van der Waals surface area contributed by atoms with E-state index in [1.165, 1.54) is 25.3 Å². The number of amides is 5. The van der Waals surface area contributed by atoms with Gasteiger partial charge in [0.15, 0.2) is 18.1 Å². The van der Waals surface area contributed by atoms with Gasteiger partial charge in [0.25, 0.3) is 17.7 Å². The van der Waals surface area contributed by atoms with Crippen LogP contribution in [0.3, 0.4) is 0 Å². The van der Waals surface area contributed by atoms with E-state index in [1.807, 2.05) is 0 Å². The van der Waals surface area contributed by atoms with Crippen molar-refractivity contribution in [2.24, 2.45) is 0 Å². The summed E-state index contributed by atoms with van der Waals surface area (Å²) in [5.74, 6) is -1.09. The van der Waals surface area contributed by atoms with Crippen LogP contribution in [-0.4, -0.2) is 44.1 Å². The first-order valence-electron chi connectivity index (χ1n) is 11.9. The molecule has 2 N–H and O–H groups in total. The molecule has 10 nitrogen and oxygen atoms in total. The summed E-state index contributed by atoms with van der Waals surface area (Å²) in [6.45, 7) is 1.70. The second-order valence-corrected chi connectivity index (χ2v) is 9.53. The van der Waals surface area contributed by atoms with Gasteiger partial charge in [-0.2, -0.15) is 0 Å². The van der Waals surface area contributed by atoms with Crippen LogP contribution in [-0.2, 0) is 14.4 Å². The summed E-state index contributed by atoms with van der Waals surface area (Å²) in [6, 6.07) is 15.3. The molecule has 0 aromatic heterocycles. The Balaban J connectivity index is 1.58. The Kier molecular flexibility index (Phi) is 9.08. The average Bonchev–Trinajstić information content (AvgIpc) is 2.91. The Morgan fingerprint density at radius 2 is 1.82 bits per heavy atom. The molecule has 0 spiro atoms. The van der Waals surface area contributed by atoms with Crippen molar-refractivity contribution < 1.29 is 33.4 Å². The molecule has 3 aromatic rings. The van der Waals surface area contributed by atoms with Gasteiger partial charge < -0.3 is 19.5 Å². The third-order valence-electron chi connectivity index (χ3n) is 5.54. The van der Waals surface area contributed by atoms with Crippen molar-refractivity contribution in [2.45, 2.75) is 6.92 Å². The van der Waals surface area contributed by atoms with Crippen LogP contribution in [0.25, 0.3) is 6.08 Å². The fraction of sp³-hybridized carbons (Fsp3) is 0.143. The fourth-order valence-corrected chi connectivity index (χ4v) is 4.58. The zero-order valence-electron chi connectivity index (χ0n) is 21.3. The molecule has 1 heterocycles. The van der Waals surface area contributed by atoms with E-state index in [4.69, 9.17) is 25.8 Å². The number of benzene rings is 3. The number of para-hydroxylation sites is 2. The molecule has 0 saturated carbocycles. The lowest BCUT2D eigenvalue weighted by molar-refractivity contribution is -0.122. The molecule has 0 unspecified atom stereocenters. The minimum Gasteiger partial charge on any atom is -0.495 e. The Hall–Kier alpha value is -4.35. The van der Waals surface area contributed by atoms with E-state index in [0.717, 1.165) is 4.90 Å². The summed E-state index contributed by atoms with van der Waals surface area (Å²) < 4.78 is 17.1. The van der Waals surface area contributed by atoms with Crippen molar-refractivity contribution in [3.8, 4) is 17.2 Å². The molecular formula is C28H23BrClN3O7. The second-order valence-electron chi connectivity index (χ2n) is 8.24. The molecule has 0 aliphatic carbocycles. The maximum Gasteiger partial charge on any atom is 0.335 e. The van der Waals surface area contributed by atoms with Crippen molar-refractivity contribution in [3.63, 3.8) is 0 Å². The third-order valence-corrected chi connectivity index (χ3v) is 6.36. The van der Waals surface area contributed by atoms with Crippen LogP contribution in [0, 0.1) is 0 Å². The molecule has 5 amide bonds. The third kappa shape index (κ3) is 6.44. The van der Waals surface area contributed by atoms with E-state index >= 15 is 0 Å². The molecule has 12 heteroatoms. The van der Waals surface area contributed by atoms with E-state index < -0.39 is 23.8 Å². The normalized spacial score (nSPS) is 14.2. The first kappa shape index (κ1) is 28.7. The Labute approximate surface area is 243 Å². The molecule has 40 heavy (non-hydrogen) atoms. The number of hydrogen-bond donors (Lipinski definition) is 2. The number of carbonyl (C=O) groups excluding carboxylic acids is 4. The highest BCUT2D eigenvalue weighted by atomic mass is 79.9. The van der Waals surface area contributed by atoms with Gasteiger partial charge in [-0.1, -0.05) is 29.8 Å². The lowest BCUT2D eigenvalue weighted by Crippen LogP contribution is -2.54. The number of halogens is 2. The van der Waals surface area contributed by atoms with Crippen LogP contribution in [0.2, 0.25) is 5.02 Å². The molecule has 1 aliphatic heterocycles. The van der Waals surface area contributed by atoms with E-state index in [9.17, 15) is 19.2 Å². The average molecular weight is 629 g/mol. The molecule has 4 rings (SSSR count). The molecule has 206 valence electrons. The van der Waals surface area contributed by atoms with Crippen molar-refractivity contribution >= 4 is 68.7 Å². The predicted molar refractivity (Wildman–Crippen MR) is 153 cm³/mol. The van der Waals surface area contributed by atoms with E-state index in [0.29, 0.717) is 26.5 Å². The molecular weight excluding hydrogens is 606 g/mol. The van der Waals surface area contributed by atoms with Crippen molar-refractivity contribution in [2.75, 3.05) is 30.5 Å². The van der Waals surface area contributed by atoms with Gasteiger partial charge >= 0.3 is 6.03 Å². The fourth-order valence-electron chi connectivity index (χ4n) is 3.82. The first-order chi connectivity index (χ1) is 19.2. The number of methoxy groups -OCH3 is 1. The van der Waals surface area contributed by atoms with E-state index in [1.54, 1.807) is 55.5 Å². The van der Waals surface area contributed by atoms with Gasteiger partial charge in [-0.25, -0.2) is 9.69 Å². The lowest BCUT2D eigenvalue weighted by atomic mass is 10.1. The standard InChI is InChI=1S/C28H23BrClN3O7/c1-3-39-23-13-16(11-19-26(35)32-28(37)33(27(19)36)18-8-6-7-17(30)14-18)12-20(29)25(23)40-15-24(34)31-21-9-4-5-10-22(21)38-2/h4-14H,3,15H2,1-2H3,(H,31,34)(H,32,35,37)/b19-11+. The lowest BCUT2D eigenvalue weighted by Gasteiger charge is -2.26. The van der Waals surface area contributed by atoms with Crippen LogP contribution in [0.4, 0.5) is 16.2 Å². The maximum absolute atomic E-state index is 13.2. The highest BCUT2D eigenvalue weighted by molar-refractivity contribution is 9.10. The summed E-state index contributed by atoms with van der Waals surface area (Å²) in [5, 5.41) is 5.21. The number of rotatable bonds is 9. The topological polar surface area (TPSA) is 123 Å². The quantitative estimate of drug-likeness (QED) is 0.247. The van der Waals surface area contributed by atoms with Gasteiger partial charge in [-0.05, 0) is 77.0 Å². The smallest absolute Gasteiger partial charge is 0.335 e. The highest BCUT2D eigenvalue weighted by Gasteiger charge is 2.37. The highest BCUT2D eigenvalue weighted by Crippen LogP contribution is 2.38. The molecule has 0 atom stereocenters. The van der Waals surface area contributed by atoms with Crippen LogP contribution in [0.1, 0.15) is 12.5 Å². The number of imide groups is 2. The number of hydrogen-bond acceptors (Lipinski definition) is 7. The minimum atomic E-state index is -0.888. The molecule has 1 saturated heterocycles. The zero-order valence-corrected chi connectivity index (χ0v) is 23.7.